The average Bonchev–Trinajstić information content (AvgIpc) is 2.52. The van der Waals surface area contributed by atoms with Gasteiger partial charge in [-0.3, -0.25) is 0 Å². The van der Waals surface area contributed by atoms with Crippen molar-refractivity contribution in [3.05, 3.63) is 5.69 Å². The van der Waals surface area contributed by atoms with E-state index in [9.17, 15) is 0 Å². The highest BCUT2D eigenvalue weighted by atomic mass is 16.3. The lowest BCUT2D eigenvalue weighted by molar-refractivity contribution is 0.297. The molecule has 5 nitrogen and oxygen atoms in total. The summed E-state index contributed by atoms with van der Waals surface area (Å²) in [5, 5.41) is 13.6. The second-order valence-electron chi connectivity index (χ2n) is 4.87. The summed E-state index contributed by atoms with van der Waals surface area (Å²) in [6.07, 6.45) is 0. The number of aliphatic hydroxyl groups is 1. The molecule has 0 spiro atoms. The topological polar surface area (TPSA) is 67.3 Å². The molecule has 1 aromatic heterocycles. The van der Waals surface area contributed by atoms with E-state index in [4.69, 9.17) is 10.8 Å². The monoisotopic (exact) mass is 240 g/mol. The van der Waals surface area contributed by atoms with E-state index < -0.39 is 0 Å². The van der Waals surface area contributed by atoms with E-state index in [0.717, 1.165) is 11.5 Å². The Bertz CT molecular complexity index is 371. The van der Waals surface area contributed by atoms with Gasteiger partial charge in [0.15, 0.2) is 5.82 Å². The molecule has 1 rings (SSSR count). The summed E-state index contributed by atoms with van der Waals surface area (Å²) >= 11 is 0. The number of aryl methyl sites for hydroxylation is 1. The van der Waals surface area contributed by atoms with Crippen molar-refractivity contribution < 1.29 is 5.11 Å². The fourth-order valence-corrected chi connectivity index (χ4v) is 1.91. The van der Waals surface area contributed by atoms with Crippen molar-refractivity contribution in [3.8, 4) is 0 Å². The maximum Gasteiger partial charge on any atom is 0.151 e. The van der Waals surface area contributed by atoms with Gasteiger partial charge in [0.2, 0.25) is 0 Å². The van der Waals surface area contributed by atoms with Crippen molar-refractivity contribution in [2.75, 3.05) is 23.8 Å². The molecule has 0 atom stereocenters. The molecule has 0 saturated carbocycles. The summed E-state index contributed by atoms with van der Waals surface area (Å²) in [7, 11) is 0. The largest absolute Gasteiger partial charge is 0.395 e. The third-order valence-corrected chi connectivity index (χ3v) is 2.83. The zero-order chi connectivity index (χ0) is 13.2. The van der Waals surface area contributed by atoms with Crippen LogP contribution >= 0.6 is 0 Å². The minimum Gasteiger partial charge on any atom is -0.395 e. The Kier molecular flexibility index (Phi) is 4.40. The van der Waals surface area contributed by atoms with E-state index in [2.05, 4.69) is 37.7 Å². The van der Waals surface area contributed by atoms with Crippen LogP contribution in [0.4, 0.5) is 11.5 Å². The van der Waals surface area contributed by atoms with Crippen LogP contribution in [0.1, 0.15) is 39.4 Å². The highest BCUT2D eigenvalue weighted by Gasteiger charge is 2.22. The summed E-state index contributed by atoms with van der Waals surface area (Å²) in [6.45, 7) is 10.9. The SMILES string of the molecule is Cc1nn(C(C)C)c(N(CCO)C(C)C)c1N. The van der Waals surface area contributed by atoms with Crippen molar-refractivity contribution in [3.63, 3.8) is 0 Å². The van der Waals surface area contributed by atoms with Crippen LogP contribution in [0.15, 0.2) is 0 Å². The van der Waals surface area contributed by atoms with Gasteiger partial charge in [0.25, 0.3) is 0 Å². The average molecular weight is 240 g/mol. The van der Waals surface area contributed by atoms with Crippen LogP contribution in [-0.4, -0.2) is 34.1 Å². The Balaban J connectivity index is 3.25. The Hall–Kier alpha value is -1.23. The number of nitrogens with two attached hydrogens (primary N) is 1. The summed E-state index contributed by atoms with van der Waals surface area (Å²) in [4.78, 5) is 2.09. The lowest BCUT2D eigenvalue weighted by Crippen LogP contribution is -2.36. The molecular formula is C12H24N4O. The highest BCUT2D eigenvalue weighted by molar-refractivity contribution is 5.66. The fourth-order valence-electron chi connectivity index (χ4n) is 1.91. The second kappa shape index (κ2) is 5.40. The van der Waals surface area contributed by atoms with E-state index in [-0.39, 0.29) is 18.7 Å². The summed E-state index contributed by atoms with van der Waals surface area (Å²) in [6, 6.07) is 0.527. The molecule has 0 aliphatic carbocycles. The van der Waals surface area contributed by atoms with E-state index in [0.29, 0.717) is 12.2 Å². The van der Waals surface area contributed by atoms with Gasteiger partial charge in [0.1, 0.15) is 0 Å². The standard InChI is InChI=1S/C12H24N4O/c1-8(2)15(6-7-17)12-11(13)10(5)14-16(12)9(3)4/h8-9,17H,6-7,13H2,1-5H3. The molecule has 98 valence electrons. The summed E-state index contributed by atoms with van der Waals surface area (Å²) in [5.41, 5.74) is 7.66. The molecule has 1 aromatic rings. The predicted molar refractivity (Wildman–Crippen MR) is 71.3 cm³/mol. The Morgan fingerprint density at radius 2 is 1.94 bits per heavy atom. The van der Waals surface area contributed by atoms with E-state index in [1.807, 2.05) is 11.6 Å². The fraction of sp³-hybridized carbons (Fsp3) is 0.750. The number of hydrogen-bond acceptors (Lipinski definition) is 4. The minimum atomic E-state index is 0.111. The van der Waals surface area contributed by atoms with Crippen molar-refractivity contribution in [1.82, 2.24) is 9.78 Å². The lowest BCUT2D eigenvalue weighted by Gasteiger charge is -2.30. The first-order chi connectivity index (χ1) is 7.90. The van der Waals surface area contributed by atoms with Gasteiger partial charge in [0, 0.05) is 18.6 Å². The molecule has 0 aliphatic heterocycles. The number of hydrogen-bond donors (Lipinski definition) is 2. The first-order valence-corrected chi connectivity index (χ1v) is 6.12. The van der Waals surface area contributed by atoms with Gasteiger partial charge in [-0.25, -0.2) is 4.68 Å². The molecule has 0 radical (unpaired) electrons. The van der Waals surface area contributed by atoms with Gasteiger partial charge in [0.05, 0.1) is 18.0 Å². The molecule has 0 aliphatic rings. The van der Waals surface area contributed by atoms with E-state index in [1.165, 1.54) is 0 Å². The third-order valence-electron chi connectivity index (χ3n) is 2.83. The number of aromatic nitrogens is 2. The first-order valence-electron chi connectivity index (χ1n) is 6.12. The third kappa shape index (κ3) is 2.72. The second-order valence-corrected chi connectivity index (χ2v) is 4.87. The van der Waals surface area contributed by atoms with Crippen LogP contribution in [0.25, 0.3) is 0 Å². The molecule has 1 heterocycles. The van der Waals surface area contributed by atoms with Crippen LogP contribution in [0, 0.1) is 6.92 Å². The number of nitrogen functional groups attached to an aromatic ring is 1. The quantitative estimate of drug-likeness (QED) is 0.819. The first kappa shape index (κ1) is 13.8. The van der Waals surface area contributed by atoms with E-state index >= 15 is 0 Å². The molecule has 0 amide bonds. The smallest absolute Gasteiger partial charge is 0.151 e. The number of aliphatic hydroxyl groups excluding tert-OH is 1. The normalized spacial score (nSPS) is 11.5. The maximum atomic E-state index is 9.16. The lowest BCUT2D eigenvalue weighted by atomic mass is 10.2. The van der Waals surface area contributed by atoms with Crippen molar-refractivity contribution >= 4 is 11.5 Å². The van der Waals surface area contributed by atoms with Crippen molar-refractivity contribution in [2.24, 2.45) is 0 Å². The Morgan fingerprint density at radius 1 is 1.35 bits per heavy atom. The van der Waals surface area contributed by atoms with Gasteiger partial charge >= 0.3 is 0 Å². The highest BCUT2D eigenvalue weighted by Crippen LogP contribution is 2.30. The molecule has 5 heteroatoms. The zero-order valence-electron chi connectivity index (χ0n) is 11.4. The molecule has 0 saturated heterocycles. The molecule has 0 fully saturated rings. The molecular weight excluding hydrogens is 216 g/mol. The molecule has 0 aromatic carbocycles. The summed E-state index contributed by atoms with van der Waals surface area (Å²) in [5.74, 6) is 0.918. The van der Waals surface area contributed by atoms with Crippen LogP contribution < -0.4 is 10.6 Å². The number of nitrogens with zero attached hydrogens (tertiary/aromatic N) is 3. The molecule has 0 bridgehead atoms. The van der Waals surface area contributed by atoms with Crippen LogP contribution in [0.2, 0.25) is 0 Å². The van der Waals surface area contributed by atoms with Gasteiger partial charge < -0.3 is 15.7 Å². The van der Waals surface area contributed by atoms with Gasteiger partial charge in [-0.1, -0.05) is 0 Å². The van der Waals surface area contributed by atoms with Crippen LogP contribution in [0.3, 0.4) is 0 Å². The molecule has 0 unspecified atom stereocenters. The van der Waals surface area contributed by atoms with Crippen LogP contribution in [-0.2, 0) is 0 Å². The summed E-state index contributed by atoms with van der Waals surface area (Å²) < 4.78 is 1.93. The van der Waals surface area contributed by atoms with Crippen molar-refractivity contribution in [1.29, 1.82) is 0 Å². The predicted octanol–water partition coefficient (Wildman–Crippen LogP) is 1.56. The number of anilines is 2. The number of rotatable bonds is 5. The van der Waals surface area contributed by atoms with Crippen LogP contribution in [0.5, 0.6) is 0 Å². The maximum absolute atomic E-state index is 9.16. The Labute approximate surface area is 103 Å². The molecule has 17 heavy (non-hydrogen) atoms. The van der Waals surface area contributed by atoms with Crippen molar-refractivity contribution in [2.45, 2.75) is 46.7 Å². The zero-order valence-corrected chi connectivity index (χ0v) is 11.4. The van der Waals surface area contributed by atoms with E-state index in [1.54, 1.807) is 0 Å². The van der Waals surface area contributed by atoms with Gasteiger partial charge in [-0.05, 0) is 34.6 Å². The van der Waals surface area contributed by atoms with Gasteiger partial charge in [-0.2, -0.15) is 5.10 Å². The minimum absolute atomic E-state index is 0.111. The Morgan fingerprint density at radius 3 is 2.35 bits per heavy atom. The molecule has 3 N–H and O–H groups in total. The van der Waals surface area contributed by atoms with Gasteiger partial charge in [-0.15, -0.1) is 0 Å².